The van der Waals surface area contributed by atoms with Crippen LogP contribution in [0, 0.1) is 0 Å². The zero-order valence-corrected chi connectivity index (χ0v) is 13.7. The molecule has 0 saturated heterocycles. The van der Waals surface area contributed by atoms with Crippen LogP contribution in [0.15, 0.2) is 35.4 Å². The van der Waals surface area contributed by atoms with E-state index in [-0.39, 0.29) is 18.0 Å². The fraction of sp³-hybridized carbons (Fsp3) is 0.250. The lowest BCUT2D eigenvalue weighted by molar-refractivity contribution is 0.0721. The van der Waals surface area contributed by atoms with E-state index in [4.69, 9.17) is 11.6 Å². The Balaban J connectivity index is 1.76. The summed E-state index contributed by atoms with van der Waals surface area (Å²) in [6.07, 6.45) is 3.68. The van der Waals surface area contributed by atoms with E-state index in [2.05, 4.69) is 10.1 Å². The molecular formula is C16H14ClN5O2. The van der Waals surface area contributed by atoms with Crippen molar-refractivity contribution in [3.63, 3.8) is 0 Å². The summed E-state index contributed by atoms with van der Waals surface area (Å²) in [4.78, 5) is 31.6. The maximum atomic E-state index is 12.8. The van der Waals surface area contributed by atoms with Gasteiger partial charge in [0.2, 0.25) is 0 Å². The second-order valence-corrected chi connectivity index (χ2v) is 6.17. The van der Waals surface area contributed by atoms with Crippen molar-refractivity contribution in [1.29, 1.82) is 0 Å². The number of aromatic nitrogens is 4. The summed E-state index contributed by atoms with van der Waals surface area (Å²) in [5.41, 5.74) is 2.16. The third kappa shape index (κ3) is 2.28. The second-order valence-electron chi connectivity index (χ2n) is 5.73. The number of rotatable bonds is 1. The van der Waals surface area contributed by atoms with Crippen molar-refractivity contribution in [3.05, 3.63) is 62.9 Å². The number of carbonyl (C=O) groups excluding carboxylic acids is 1. The molecule has 122 valence electrons. The summed E-state index contributed by atoms with van der Waals surface area (Å²) in [5.74, 6) is -0.142. The van der Waals surface area contributed by atoms with Crippen LogP contribution in [-0.4, -0.2) is 36.5 Å². The second kappa shape index (κ2) is 5.45. The highest BCUT2D eigenvalue weighted by atomic mass is 35.5. The first kappa shape index (κ1) is 14.9. The van der Waals surface area contributed by atoms with Gasteiger partial charge in [0.1, 0.15) is 11.3 Å². The average Bonchev–Trinajstić information content (AvgIpc) is 3.01. The van der Waals surface area contributed by atoms with Crippen molar-refractivity contribution in [3.8, 4) is 0 Å². The Labute approximate surface area is 142 Å². The smallest absolute Gasteiger partial charge is 0.272 e. The summed E-state index contributed by atoms with van der Waals surface area (Å²) in [5, 5.41) is 4.48. The standard InChI is InChI=1S/C16H14ClN5O2/c1-20-13(4-6-18-20)16(24)21-7-5-12-11(9-21)15(23)22-8-10(17)2-3-14(22)19-12/h2-4,6,8H,5,7,9H2,1H3. The van der Waals surface area contributed by atoms with Gasteiger partial charge in [0.25, 0.3) is 11.5 Å². The highest BCUT2D eigenvalue weighted by Crippen LogP contribution is 2.18. The third-order valence-corrected chi connectivity index (χ3v) is 4.48. The van der Waals surface area contributed by atoms with E-state index in [1.807, 2.05) is 0 Å². The molecule has 0 unspecified atom stereocenters. The minimum atomic E-state index is -0.181. The van der Waals surface area contributed by atoms with Crippen molar-refractivity contribution in [1.82, 2.24) is 24.1 Å². The van der Waals surface area contributed by atoms with Crippen LogP contribution in [0.5, 0.6) is 0 Å². The topological polar surface area (TPSA) is 72.5 Å². The van der Waals surface area contributed by atoms with Crippen molar-refractivity contribution in [2.75, 3.05) is 6.54 Å². The highest BCUT2D eigenvalue weighted by molar-refractivity contribution is 6.30. The lowest BCUT2D eigenvalue weighted by atomic mass is 10.1. The molecule has 24 heavy (non-hydrogen) atoms. The summed E-state index contributed by atoms with van der Waals surface area (Å²) in [6, 6.07) is 5.09. The molecule has 7 nitrogen and oxygen atoms in total. The monoisotopic (exact) mass is 343 g/mol. The predicted octanol–water partition coefficient (Wildman–Crippen LogP) is 1.28. The van der Waals surface area contributed by atoms with Gasteiger partial charge in [0, 0.05) is 32.4 Å². The van der Waals surface area contributed by atoms with E-state index >= 15 is 0 Å². The molecule has 0 radical (unpaired) electrons. The molecule has 1 aliphatic rings. The Kier molecular flexibility index (Phi) is 3.38. The third-order valence-electron chi connectivity index (χ3n) is 4.26. The van der Waals surface area contributed by atoms with Crippen LogP contribution in [0.1, 0.15) is 21.7 Å². The Morgan fingerprint density at radius 3 is 2.88 bits per heavy atom. The molecule has 1 amide bonds. The number of carbonyl (C=O) groups is 1. The van der Waals surface area contributed by atoms with Crippen molar-refractivity contribution < 1.29 is 4.79 Å². The van der Waals surface area contributed by atoms with Gasteiger partial charge in [-0.1, -0.05) is 11.6 Å². The Bertz CT molecular complexity index is 1020. The molecule has 0 fully saturated rings. The number of hydrogen-bond donors (Lipinski definition) is 0. The first-order chi connectivity index (χ1) is 11.5. The molecule has 8 heteroatoms. The molecule has 0 saturated carbocycles. The zero-order valence-electron chi connectivity index (χ0n) is 12.9. The molecule has 0 spiro atoms. The number of pyridine rings is 1. The van der Waals surface area contributed by atoms with E-state index in [1.54, 1.807) is 42.5 Å². The molecule has 3 aromatic heterocycles. The molecule has 4 rings (SSSR count). The minimum absolute atomic E-state index is 0.142. The van der Waals surface area contributed by atoms with Gasteiger partial charge < -0.3 is 4.90 Å². The van der Waals surface area contributed by atoms with Gasteiger partial charge in [0.15, 0.2) is 0 Å². The largest absolute Gasteiger partial charge is 0.332 e. The van der Waals surface area contributed by atoms with Gasteiger partial charge in [0.05, 0.1) is 22.8 Å². The predicted molar refractivity (Wildman–Crippen MR) is 88.1 cm³/mol. The first-order valence-corrected chi connectivity index (χ1v) is 7.89. The Morgan fingerprint density at radius 2 is 2.12 bits per heavy atom. The quantitative estimate of drug-likeness (QED) is 0.667. The van der Waals surface area contributed by atoms with Crippen LogP contribution >= 0.6 is 11.6 Å². The van der Waals surface area contributed by atoms with E-state index in [0.717, 1.165) is 5.69 Å². The molecule has 0 bridgehead atoms. The van der Waals surface area contributed by atoms with E-state index in [1.165, 1.54) is 9.08 Å². The average molecular weight is 344 g/mol. The van der Waals surface area contributed by atoms with Crippen LogP contribution in [-0.2, 0) is 20.0 Å². The molecule has 0 aliphatic carbocycles. The number of hydrogen-bond acceptors (Lipinski definition) is 4. The van der Waals surface area contributed by atoms with Gasteiger partial charge in [-0.2, -0.15) is 5.10 Å². The van der Waals surface area contributed by atoms with Gasteiger partial charge in [-0.25, -0.2) is 4.98 Å². The van der Waals surface area contributed by atoms with Crippen LogP contribution < -0.4 is 5.56 Å². The fourth-order valence-electron chi connectivity index (χ4n) is 2.99. The molecule has 1 aliphatic heterocycles. The maximum absolute atomic E-state index is 12.8. The molecule has 4 heterocycles. The lowest BCUT2D eigenvalue weighted by Crippen LogP contribution is -2.40. The van der Waals surface area contributed by atoms with Crippen LogP contribution in [0.25, 0.3) is 5.65 Å². The molecule has 3 aromatic rings. The number of aryl methyl sites for hydroxylation is 1. The van der Waals surface area contributed by atoms with Crippen molar-refractivity contribution >= 4 is 23.2 Å². The van der Waals surface area contributed by atoms with Crippen LogP contribution in [0.3, 0.4) is 0 Å². The normalized spacial score (nSPS) is 14.0. The SMILES string of the molecule is Cn1nccc1C(=O)N1CCc2nc3ccc(Cl)cn3c(=O)c2C1. The van der Waals surface area contributed by atoms with E-state index in [0.29, 0.717) is 34.9 Å². The summed E-state index contributed by atoms with van der Waals surface area (Å²) < 4.78 is 2.96. The van der Waals surface area contributed by atoms with Gasteiger partial charge in [-0.15, -0.1) is 0 Å². The van der Waals surface area contributed by atoms with Crippen LogP contribution in [0.2, 0.25) is 5.02 Å². The summed E-state index contributed by atoms with van der Waals surface area (Å²) >= 11 is 5.98. The fourth-order valence-corrected chi connectivity index (χ4v) is 3.15. The summed E-state index contributed by atoms with van der Waals surface area (Å²) in [6.45, 7) is 0.758. The Morgan fingerprint density at radius 1 is 1.29 bits per heavy atom. The van der Waals surface area contributed by atoms with Gasteiger partial charge in [-0.3, -0.25) is 18.7 Å². The lowest BCUT2D eigenvalue weighted by Gasteiger charge is -2.28. The first-order valence-electron chi connectivity index (χ1n) is 7.51. The van der Waals surface area contributed by atoms with E-state index in [9.17, 15) is 9.59 Å². The number of fused-ring (bicyclic) bond motifs is 2. The molecular weight excluding hydrogens is 330 g/mol. The van der Waals surface area contributed by atoms with Gasteiger partial charge in [-0.05, 0) is 18.2 Å². The van der Waals surface area contributed by atoms with Crippen LogP contribution in [0.4, 0.5) is 0 Å². The maximum Gasteiger partial charge on any atom is 0.272 e. The number of amides is 1. The van der Waals surface area contributed by atoms with E-state index < -0.39 is 0 Å². The minimum Gasteiger partial charge on any atom is -0.332 e. The highest BCUT2D eigenvalue weighted by Gasteiger charge is 2.26. The number of nitrogens with zero attached hydrogens (tertiary/aromatic N) is 5. The zero-order chi connectivity index (χ0) is 16.8. The number of halogens is 1. The molecule has 0 aromatic carbocycles. The summed E-state index contributed by atoms with van der Waals surface area (Å²) in [7, 11) is 1.72. The Hall–Kier alpha value is -2.67. The van der Waals surface area contributed by atoms with Crippen molar-refractivity contribution in [2.24, 2.45) is 7.05 Å². The molecule has 0 N–H and O–H groups in total. The van der Waals surface area contributed by atoms with Crippen molar-refractivity contribution in [2.45, 2.75) is 13.0 Å². The van der Waals surface area contributed by atoms with Gasteiger partial charge >= 0.3 is 0 Å². The molecule has 0 atom stereocenters.